The van der Waals surface area contributed by atoms with Gasteiger partial charge in [-0.2, -0.15) is 0 Å². The fourth-order valence-electron chi connectivity index (χ4n) is 2.27. The molecule has 0 aromatic heterocycles. The lowest BCUT2D eigenvalue weighted by Gasteiger charge is -2.32. The predicted octanol–water partition coefficient (Wildman–Crippen LogP) is 2.11. The molecule has 2 nitrogen and oxygen atoms in total. The molecule has 1 N–H and O–H groups in total. The molecular formula is C12H26N2. The quantitative estimate of drug-likeness (QED) is 0.674. The van der Waals surface area contributed by atoms with Gasteiger partial charge in [-0.05, 0) is 38.8 Å². The number of nitrogens with one attached hydrogen (secondary N) is 1. The van der Waals surface area contributed by atoms with Crippen molar-refractivity contribution in [2.45, 2.75) is 45.6 Å². The summed E-state index contributed by atoms with van der Waals surface area (Å²) in [7, 11) is 4.34. The Morgan fingerprint density at radius 3 is 2.43 bits per heavy atom. The van der Waals surface area contributed by atoms with E-state index in [-0.39, 0.29) is 0 Å². The fourth-order valence-corrected chi connectivity index (χ4v) is 2.27. The Kier molecular flexibility index (Phi) is 4.39. The average Bonchev–Trinajstić information content (AvgIpc) is 2.82. The molecule has 2 heteroatoms. The van der Waals surface area contributed by atoms with Crippen LogP contribution in [0.1, 0.15) is 39.5 Å². The summed E-state index contributed by atoms with van der Waals surface area (Å²) in [5.74, 6) is 0. The first-order valence-electron chi connectivity index (χ1n) is 5.94. The van der Waals surface area contributed by atoms with Gasteiger partial charge in [-0.3, -0.25) is 0 Å². The number of hydrogen-bond donors (Lipinski definition) is 1. The predicted molar refractivity (Wildman–Crippen MR) is 62.6 cm³/mol. The Labute approximate surface area is 89.1 Å². The Morgan fingerprint density at radius 2 is 2.00 bits per heavy atom. The Hall–Kier alpha value is -0.0800. The zero-order valence-electron chi connectivity index (χ0n) is 10.3. The van der Waals surface area contributed by atoms with Crippen molar-refractivity contribution in [1.29, 1.82) is 0 Å². The Bertz CT molecular complexity index is 164. The first-order chi connectivity index (χ1) is 6.56. The molecule has 0 bridgehead atoms. The summed E-state index contributed by atoms with van der Waals surface area (Å²) in [5, 5.41) is 3.66. The zero-order valence-corrected chi connectivity index (χ0v) is 10.3. The van der Waals surface area contributed by atoms with E-state index < -0.39 is 0 Å². The first kappa shape index (κ1) is 12.0. The van der Waals surface area contributed by atoms with E-state index >= 15 is 0 Å². The minimum absolute atomic E-state index is 0.459. The second-order valence-electron chi connectivity index (χ2n) is 5.45. The smallest absolute Gasteiger partial charge is 0.00684 e. The maximum Gasteiger partial charge on any atom is 0.00684 e. The molecular weight excluding hydrogens is 172 g/mol. The summed E-state index contributed by atoms with van der Waals surface area (Å²) in [4.78, 5) is 2.31. The molecule has 0 saturated heterocycles. The highest BCUT2D eigenvalue weighted by Gasteiger charge is 2.28. The molecule has 1 atom stereocenters. The van der Waals surface area contributed by atoms with Crippen LogP contribution in [0.25, 0.3) is 0 Å². The van der Waals surface area contributed by atoms with Gasteiger partial charge in [-0.15, -0.1) is 0 Å². The van der Waals surface area contributed by atoms with Gasteiger partial charge in [0.05, 0.1) is 0 Å². The Balaban J connectivity index is 2.32. The molecule has 1 rings (SSSR count). The van der Waals surface area contributed by atoms with Crippen molar-refractivity contribution in [3.05, 3.63) is 0 Å². The van der Waals surface area contributed by atoms with Gasteiger partial charge in [0.1, 0.15) is 0 Å². The molecule has 0 spiro atoms. The molecule has 14 heavy (non-hydrogen) atoms. The van der Waals surface area contributed by atoms with Crippen LogP contribution in [0.2, 0.25) is 0 Å². The lowest BCUT2D eigenvalue weighted by Crippen LogP contribution is -2.40. The van der Waals surface area contributed by atoms with Gasteiger partial charge in [0, 0.05) is 19.1 Å². The van der Waals surface area contributed by atoms with E-state index in [1.807, 2.05) is 0 Å². The van der Waals surface area contributed by atoms with E-state index in [9.17, 15) is 0 Å². The monoisotopic (exact) mass is 198 g/mol. The van der Waals surface area contributed by atoms with Crippen molar-refractivity contribution >= 4 is 0 Å². The Morgan fingerprint density at radius 1 is 1.36 bits per heavy atom. The van der Waals surface area contributed by atoms with Crippen molar-refractivity contribution in [1.82, 2.24) is 10.2 Å². The highest BCUT2D eigenvalue weighted by Crippen LogP contribution is 2.26. The van der Waals surface area contributed by atoms with Crippen LogP contribution in [0.4, 0.5) is 0 Å². The summed E-state index contributed by atoms with van der Waals surface area (Å²) < 4.78 is 0. The summed E-state index contributed by atoms with van der Waals surface area (Å²) in [6.45, 7) is 7.07. The van der Waals surface area contributed by atoms with Crippen molar-refractivity contribution in [2.24, 2.45) is 5.41 Å². The molecule has 1 unspecified atom stereocenters. The van der Waals surface area contributed by atoms with E-state index in [4.69, 9.17) is 0 Å². The maximum absolute atomic E-state index is 3.66. The average molecular weight is 198 g/mol. The normalized spacial score (nSPS) is 21.2. The number of nitrogens with zero attached hydrogens (tertiary/aromatic N) is 1. The highest BCUT2D eigenvalue weighted by molar-refractivity contribution is 4.86. The second-order valence-corrected chi connectivity index (χ2v) is 5.45. The van der Waals surface area contributed by atoms with Gasteiger partial charge in [-0.1, -0.05) is 20.3 Å². The molecule has 84 valence electrons. The minimum Gasteiger partial charge on any atom is -0.313 e. The van der Waals surface area contributed by atoms with E-state index in [2.05, 4.69) is 38.2 Å². The van der Waals surface area contributed by atoms with Gasteiger partial charge in [0.15, 0.2) is 0 Å². The van der Waals surface area contributed by atoms with Crippen molar-refractivity contribution in [3.63, 3.8) is 0 Å². The van der Waals surface area contributed by atoms with E-state index in [0.717, 1.165) is 6.04 Å². The largest absolute Gasteiger partial charge is 0.313 e. The van der Waals surface area contributed by atoms with Crippen LogP contribution in [-0.4, -0.2) is 38.1 Å². The topological polar surface area (TPSA) is 15.3 Å². The third kappa shape index (κ3) is 4.43. The van der Waals surface area contributed by atoms with Crippen LogP contribution < -0.4 is 5.32 Å². The first-order valence-corrected chi connectivity index (χ1v) is 5.94. The van der Waals surface area contributed by atoms with Crippen LogP contribution in [-0.2, 0) is 0 Å². The van der Waals surface area contributed by atoms with Crippen LogP contribution in [0.3, 0.4) is 0 Å². The zero-order chi connectivity index (χ0) is 10.6. The summed E-state index contributed by atoms with van der Waals surface area (Å²) >= 11 is 0. The second kappa shape index (κ2) is 5.13. The summed E-state index contributed by atoms with van der Waals surface area (Å²) in [6.07, 6.45) is 5.40. The highest BCUT2D eigenvalue weighted by atomic mass is 15.1. The number of rotatable bonds is 7. The molecule has 0 aliphatic heterocycles. The lowest BCUT2D eigenvalue weighted by molar-refractivity contribution is 0.194. The SMILES string of the molecule is CCCC(C)(CNC1CC1)CN(C)C. The maximum atomic E-state index is 3.66. The van der Waals surface area contributed by atoms with Gasteiger partial charge >= 0.3 is 0 Å². The van der Waals surface area contributed by atoms with E-state index in [0.29, 0.717) is 5.41 Å². The van der Waals surface area contributed by atoms with E-state index in [1.54, 1.807) is 0 Å². The molecule has 0 aromatic carbocycles. The van der Waals surface area contributed by atoms with Crippen LogP contribution in [0, 0.1) is 5.41 Å². The molecule has 0 amide bonds. The minimum atomic E-state index is 0.459. The molecule has 1 fully saturated rings. The molecule has 1 aliphatic rings. The molecule has 1 saturated carbocycles. The van der Waals surface area contributed by atoms with Gasteiger partial charge in [-0.25, -0.2) is 0 Å². The molecule has 0 aromatic rings. The lowest BCUT2D eigenvalue weighted by atomic mass is 9.85. The van der Waals surface area contributed by atoms with Gasteiger partial charge in [0.25, 0.3) is 0 Å². The molecule has 0 heterocycles. The van der Waals surface area contributed by atoms with Crippen molar-refractivity contribution in [2.75, 3.05) is 27.2 Å². The van der Waals surface area contributed by atoms with Crippen molar-refractivity contribution in [3.8, 4) is 0 Å². The summed E-state index contributed by atoms with van der Waals surface area (Å²) in [5.41, 5.74) is 0.459. The fraction of sp³-hybridized carbons (Fsp3) is 1.00. The van der Waals surface area contributed by atoms with Crippen LogP contribution in [0.15, 0.2) is 0 Å². The van der Waals surface area contributed by atoms with Crippen molar-refractivity contribution < 1.29 is 0 Å². The third-order valence-corrected chi connectivity index (χ3v) is 2.95. The van der Waals surface area contributed by atoms with Gasteiger partial charge < -0.3 is 10.2 Å². The van der Waals surface area contributed by atoms with Gasteiger partial charge in [0.2, 0.25) is 0 Å². The van der Waals surface area contributed by atoms with E-state index in [1.165, 1.54) is 38.8 Å². The number of hydrogen-bond acceptors (Lipinski definition) is 2. The van der Waals surface area contributed by atoms with Crippen LogP contribution >= 0.6 is 0 Å². The molecule has 1 aliphatic carbocycles. The summed E-state index contributed by atoms with van der Waals surface area (Å²) in [6, 6.07) is 0.841. The third-order valence-electron chi connectivity index (χ3n) is 2.95. The standard InChI is InChI=1S/C12H26N2/c1-5-8-12(2,10-14(3)4)9-13-11-6-7-11/h11,13H,5-10H2,1-4H3. The molecule has 0 radical (unpaired) electrons. The van der Waals surface area contributed by atoms with Crippen LogP contribution in [0.5, 0.6) is 0 Å².